The minimum absolute atomic E-state index is 0.314. The van der Waals surface area contributed by atoms with E-state index in [1.807, 2.05) is 31.8 Å². The standard InChI is InChI=1S/C21H28N4O2S.2CH2O/c1-3-15-7-4-8-16(12-18-20(26)24-21(27)28-18)19(15)25-11-9-17(13-25)23-14(2)6-5-10-22;2*1-2/h4,7-8,12,17,23H,2-3,5-6,9-11,13,22H2,1H3,(H,24,26,27);2*1H2/b18-12-;;/t17-;;/m0../s1. The van der Waals surface area contributed by atoms with E-state index >= 15 is 0 Å². The smallest absolute Gasteiger partial charge is 0.290 e. The van der Waals surface area contributed by atoms with Crippen LogP contribution in [0.15, 0.2) is 35.4 Å². The predicted molar refractivity (Wildman–Crippen MR) is 130 cm³/mol. The lowest BCUT2D eigenvalue weighted by atomic mass is 10.0. The summed E-state index contributed by atoms with van der Waals surface area (Å²) in [6, 6.07) is 6.50. The topological polar surface area (TPSA) is 122 Å². The molecule has 0 saturated carbocycles. The first-order chi connectivity index (χ1) is 15.5. The summed E-state index contributed by atoms with van der Waals surface area (Å²) in [6.07, 6.45) is 5.61. The van der Waals surface area contributed by atoms with Crippen LogP contribution < -0.4 is 21.3 Å². The number of rotatable bonds is 8. The quantitative estimate of drug-likeness (QED) is 0.506. The van der Waals surface area contributed by atoms with Crippen molar-refractivity contribution < 1.29 is 19.2 Å². The zero-order valence-electron chi connectivity index (χ0n) is 18.5. The second kappa shape index (κ2) is 14.2. The van der Waals surface area contributed by atoms with Crippen LogP contribution in [0.4, 0.5) is 10.5 Å². The molecule has 0 unspecified atom stereocenters. The van der Waals surface area contributed by atoms with E-state index in [-0.39, 0.29) is 11.1 Å². The molecule has 9 heteroatoms. The average Bonchev–Trinajstić information content (AvgIpc) is 3.40. The van der Waals surface area contributed by atoms with Gasteiger partial charge in [0.2, 0.25) is 0 Å². The lowest BCUT2D eigenvalue weighted by Crippen LogP contribution is -2.32. The lowest BCUT2D eigenvalue weighted by molar-refractivity contribution is -0.115. The van der Waals surface area contributed by atoms with Crippen molar-refractivity contribution in [3.8, 4) is 0 Å². The third-order valence-corrected chi connectivity index (χ3v) is 5.87. The summed E-state index contributed by atoms with van der Waals surface area (Å²) in [6.45, 7) is 12.7. The molecule has 4 N–H and O–H groups in total. The molecule has 0 radical (unpaired) electrons. The second-order valence-electron chi connectivity index (χ2n) is 7.13. The fourth-order valence-corrected chi connectivity index (χ4v) is 4.39. The van der Waals surface area contributed by atoms with Crippen molar-refractivity contribution in [2.45, 2.75) is 38.6 Å². The van der Waals surface area contributed by atoms with Crippen molar-refractivity contribution in [2.24, 2.45) is 5.73 Å². The fraction of sp³-hybridized carbons (Fsp3) is 0.391. The minimum Gasteiger partial charge on any atom is -0.384 e. The van der Waals surface area contributed by atoms with Gasteiger partial charge in [-0.15, -0.1) is 0 Å². The Hall–Kier alpha value is -2.91. The van der Waals surface area contributed by atoms with Crippen molar-refractivity contribution in [3.63, 3.8) is 0 Å². The fourth-order valence-electron chi connectivity index (χ4n) is 3.72. The average molecular weight is 461 g/mol. The predicted octanol–water partition coefficient (Wildman–Crippen LogP) is 2.62. The number of thioether (sulfide) groups is 1. The summed E-state index contributed by atoms with van der Waals surface area (Å²) in [4.78, 5) is 42.3. The van der Waals surface area contributed by atoms with E-state index in [4.69, 9.17) is 15.3 Å². The highest BCUT2D eigenvalue weighted by Gasteiger charge is 2.28. The third-order valence-electron chi connectivity index (χ3n) is 5.06. The molecule has 1 aromatic rings. The Balaban J connectivity index is 0.00000121. The minimum atomic E-state index is -0.319. The summed E-state index contributed by atoms with van der Waals surface area (Å²) >= 11 is 0.959. The van der Waals surface area contributed by atoms with Crippen LogP contribution in [0, 0.1) is 0 Å². The molecule has 8 nitrogen and oxygen atoms in total. The molecule has 0 aliphatic carbocycles. The molecule has 2 saturated heterocycles. The monoisotopic (exact) mass is 460 g/mol. The number of allylic oxidation sites excluding steroid dienone is 1. The van der Waals surface area contributed by atoms with E-state index in [1.54, 1.807) is 0 Å². The summed E-state index contributed by atoms with van der Waals surface area (Å²) in [7, 11) is 0. The third kappa shape index (κ3) is 7.35. The van der Waals surface area contributed by atoms with Crippen molar-refractivity contribution in [3.05, 3.63) is 46.5 Å². The van der Waals surface area contributed by atoms with Gasteiger partial charge >= 0.3 is 0 Å². The molecule has 2 amide bonds. The number of nitrogens with zero attached hydrogens (tertiary/aromatic N) is 1. The maximum atomic E-state index is 12.0. The van der Waals surface area contributed by atoms with Crippen LogP contribution in [0.3, 0.4) is 0 Å². The van der Waals surface area contributed by atoms with Gasteiger partial charge in [-0.2, -0.15) is 0 Å². The Morgan fingerprint density at radius 1 is 1.31 bits per heavy atom. The molecule has 174 valence electrons. The number of nitrogens with one attached hydrogen (secondary N) is 2. The van der Waals surface area contributed by atoms with Gasteiger partial charge in [-0.3, -0.25) is 14.9 Å². The van der Waals surface area contributed by atoms with Crippen LogP contribution in [-0.2, 0) is 20.8 Å². The Labute approximate surface area is 193 Å². The number of aryl methyl sites for hydroxylation is 1. The van der Waals surface area contributed by atoms with E-state index in [1.165, 1.54) is 5.56 Å². The Morgan fingerprint density at radius 3 is 2.62 bits per heavy atom. The Bertz CT molecular complexity index is 841. The molecule has 2 aliphatic rings. The highest BCUT2D eigenvalue weighted by Crippen LogP contribution is 2.34. The summed E-state index contributed by atoms with van der Waals surface area (Å²) in [5.74, 6) is -0.319. The normalized spacial score (nSPS) is 18.4. The Kier molecular flexibility index (Phi) is 12.0. The maximum absolute atomic E-state index is 12.0. The first-order valence-corrected chi connectivity index (χ1v) is 11.2. The highest BCUT2D eigenvalue weighted by molar-refractivity contribution is 8.18. The summed E-state index contributed by atoms with van der Waals surface area (Å²) in [5, 5.41) is 5.55. The van der Waals surface area contributed by atoms with Gasteiger partial charge in [0, 0.05) is 30.5 Å². The number of carbonyl (C=O) groups excluding carboxylic acids is 4. The number of para-hydroxylation sites is 1. The van der Waals surface area contributed by atoms with E-state index in [9.17, 15) is 9.59 Å². The van der Waals surface area contributed by atoms with E-state index in [0.717, 1.165) is 67.5 Å². The van der Waals surface area contributed by atoms with Crippen LogP contribution in [-0.4, -0.2) is 50.4 Å². The zero-order chi connectivity index (χ0) is 24.1. The zero-order valence-corrected chi connectivity index (χ0v) is 19.3. The van der Waals surface area contributed by atoms with Gasteiger partial charge in [0.15, 0.2) is 0 Å². The van der Waals surface area contributed by atoms with E-state index in [2.05, 4.69) is 35.1 Å². The molecule has 32 heavy (non-hydrogen) atoms. The van der Waals surface area contributed by atoms with Crippen molar-refractivity contribution in [2.75, 3.05) is 24.5 Å². The number of anilines is 1. The molecule has 2 aliphatic heterocycles. The van der Waals surface area contributed by atoms with Crippen LogP contribution in [0.5, 0.6) is 0 Å². The van der Waals surface area contributed by atoms with Crippen LogP contribution in [0.25, 0.3) is 6.08 Å². The van der Waals surface area contributed by atoms with Crippen molar-refractivity contribution in [1.29, 1.82) is 0 Å². The molecule has 3 rings (SSSR count). The number of nitrogens with two attached hydrogens (primary N) is 1. The van der Waals surface area contributed by atoms with Crippen LogP contribution in [0.1, 0.15) is 37.3 Å². The SMILES string of the molecule is C=C(CCCN)N[C@H]1CCN(c2c(/C=C3\SC(=O)NC3=O)cccc2CC)C1.C=O.C=O. The summed E-state index contributed by atoms with van der Waals surface area (Å²) < 4.78 is 0. The van der Waals surface area contributed by atoms with Gasteiger partial charge in [0.05, 0.1) is 4.91 Å². The van der Waals surface area contributed by atoms with E-state index in [0.29, 0.717) is 17.5 Å². The maximum Gasteiger partial charge on any atom is 0.290 e. The second-order valence-corrected chi connectivity index (χ2v) is 8.15. The lowest BCUT2D eigenvalue weighted by Gasteiger charge is -2.25. The highest BCUT2D eigenvalue weighted by atomic mass is 32.2. The van der Waals surface area contributed by atoms with Gasteiger partial charge in [-0.05, 0) is 61.2 Å². The van der Waals surface area contributed by atoms with Gasteiger partial charge < -0.3 is 25.5 Å². The molecular weight excluding hydrogens is 428 g/mol. The molecule has 0 aromatic heterocycles. The van der Waals surface area contributed by atoms with Gasteiger partial charge in [0.1, 0.15) is 13.6 Å². The van der Waals surface area contributed by atoms with Crippen LogP contribution in [0.2, 0.25) is 0 Å². The molecule has 0 bridgehead atoms. The van der Waals surface area contributed by atoms with Crippen molar-refractivity contribution >= 4 is 48.2 Å². The van der Waals surface area contributed by atoms with Gasteiger partial charge in [-0.25, -0.2) is 0 Å². The molecule has 2 heterocycles. The molecule has 1 atom stereocenters. The van der Waals surface area contributed by atoms with E-state index < -0.39 is 0 Å². The Morgan fingerprint density at radius 2 is 2.03 bits per heavy atom. The molecule has 1 aromatic carbocycles. The van der Waals surface area contributed by atoms with Gasteiger partial charge in [-0.1, -0.05) is 31.7 Å². The number of hydrogen-bond donors (Lipinski definition) is 3. The molecular formula is C23H32N4O4S. The largest absolute Gasteiger partial charge is 0.384 e. The number of imide groups is 1. The molecule has 0 spiro atoms. The number of amides is 2. The van der Waals surface area contributed by atoms with Gasteiger partial charge in [0.25, 0.3) is 11.1 Å². The van der Waals surface area contributed by atoms with Crippen molar-refractivity contribution in [1.82, 2.24) is 10.6 Å². The molecule has 2 fully saturated rings. The number of carbonyl (C=O) groups is 4. The first kappa shape index (κ1) is 27.1. The van der Waals surface area contributed by atoms with Crippen LogP contribution >= 0.6 is 11.8 Å². The first-order valence-electron chi connectivity index (χ1n) is 10.4. The number of hydrogen-bond acceptors (Lipinski definition) is 8. The summed E-state index contributed by atoms with van der Waals surface area (Å²) in [5.41, 5.74) is 10.0. The number of benzene rings is 1.